The van der Waals surface area contributed by atoms with Crippen molar-refractivity contribution in [3.8, 4) is 5.75 Å². The number of sulfonamides is 1. The molecule has 0 fully saturated rings. The number of primary sulfonamides is 1. The summed E-state index contributed by atoms with van der Waals surface area (Å²) in [4.78, 5) is 23.4. The van der Waals surface area contributed by atoms with Gasteiger partial charge in [-0.05, 0) is 42.0 Å². The molecule has 0 spiro atoms. The summed E-state index contributed by atoms with van der Waals surface area (Å²) in [5.74, 6) is -1.18. The highest BCUT2D eigenvalue weighted by Gasteiger charge is 2.11. The second kappa shape index (κ2) is 7.77. The van der Waals surface area contributed by atoms with Crippen LogP contribution in [-0.4, -0.2) is 32.0 Å². The molecule has 132 valence electrons. The van der Waals surface area contributed by atoms with E-state index in [1.165, 1.54) is 48.5 Å². The van der Waals surface area contributed by atoms with E-state index < -0.39 is 28.5 Å². The number of nitrogens with two attached hydrogens (primary N) is 1. The number of carbonyl (C=O) groups excluding carboxylic acids is 2. The quantitative estimate of drug-likeness (QED) is 0.639. The van der Waals surface area contributed by atoms with Crippen LogP contribution in [0, 0.1) is 0 Å². The first-order valence-electron chi connectivity index (χ1n) is 7.10. The maximum Gasteiger partial charge on any atom is 0.338 e. The van der Waals surface area contributed by atoms with Crippen LogP contribution in [0.5, 0.6) is 5.75 Å². The van der Waals surface area contributed by atoms with E-state index in [4.69, 9.17) is 15.0 Å². The highest BCUT2D eigenvalue weighted by Crippen LogP contribution is 2.11. The van der Waals surface area contributed by atoms with Crippen LogP contribution in [0.2, 0.25) is 0 Å². The zero-order chi connectivity index (χ0) is 18.4. The molecule has 0 saturated heterocycles. The molecule has 4 N–H and O–H groups in total. The van der Waals surface area contributed by atoms with Crippen LogP contribution in [-0.2, 0) is 26.1 Å². The molecule has 0 aromatic heterocycles. The lowest BCUT2D eigenvalue weighted by molar-refractivity contribution is -0.124. The Balaban J connectivity index is 1.80. The van der Waals surface area contributed by atoms with Gasteiger partial charge in [0, 0.05) is 6.54 Å². The third-order valence-corrected chi connectivity index (χ3v) is 4.11. The van der Waals surface area contributed by atoms with Gasteiger partial charge in [0.1, 0.15) is 5.75 Å². The average molecular weight is 364 g/mol. The van der Waals surface area contributed by atoms with Gasteiger partial charge in [-0.25, -0.2) is 18.4 Å². The Hall–Kier alpha value is -2.91. The van der Waals surface area contributed by atoms with E-state index in [0.717, 1.165) is 0 Å². The zero-order valence-corrected chi connectivity index (χ0v) is 13.8. The van der Waals surface area contributed by atoms with E-state index in [0.29, 0.717) is 5.56 Å². The number of nitrogens with one attached hydrogen (secondary N) is 1. The summed E-state index contributed by atoms with van der Waals surface area (Å²) in [5.41, 5.74) is 0.870. The lowest BCUT2D eigenvalue weighted by Gasteiger charge is -2.07. The van der Waals surface area contributed by atoms with Crippen LogP contribution < -0.4 is 10.5 Å². The number of hydrogen-bond acceptors (Lipinski definition) is 6. The molecule has 0 unspecified atom stereocenters. The molecule has 0 radical (unpaired) electrons. The SMILES string of the molecule is NS(=O)(=O)c1ccc(CNC(=O)COC(=O)c2ccc(O)cc2)cc1. The smallest absolute Gasteiger partial charge is 0.338 e. The van der Waals surface area contributed by atoms with Gasteiger partial charge in [0.15, 0.2) is 6.61 Å². The van der Waals surface area contributed by atoms with E-state index in [1.807, 2.05) is 0 Å². The van der Waals surface area contributed by atoms with E-state index in [-0.39, 0.29) is 22.8 Å². The van der Waals surface area contributed by atoms with Crippen molar-refractivity contribution in [2.75, 3.05) is 6.61 Å². The van der Waals surface area contributed by atoms with Gasteiger partial charge in [-0.3, -0.25) is 4.79 Å². The molecule has 0 bridgehead atoms. The summed E-state index contributed by atoms with van der Waals surface area (Å²) in [6, 6.07) is 11.1. The third kappa shape index (κ3) is 5.59. The van der Waals surface area contributed by atoms with Gasteiger partial charge in [0.2, 0.25) is 10.0 Å². The largest absolute Gasteiger partial charge is 0.508 e. The predicted molar refractivity (Wildman–Crippen MR) is 88.1 cm³/mol. The van der Waals surface area contributed by atoms with Crippen molar-refractivity contribution in [3.63, 3.8) is 0 Å². The molecule has 0 aliphatic carbocycles. The topological polar surface area (TPSA) is 136 Å². The first-order valence-corrected chi connectivity index (χ1v) is 8.65. The van der Waals surface area contributed by atoms with Crippen LogP contribution in [0.15, 0.2) is 53.4 Å². The molecule has 0 saturated carbocycles. The summed E-state index contributed by atoms with van der Waals surface area (Å²) in [5, 5.41) is 16.7. The molecular formula is C16H16N2O6S. The van der Waals surface area contributed by atoms with E-state index in [9.17, 15) is 18.0 Å². The lowest BCUT2D eigenvalue weighted by Crippen LogP contribution is -2.28. The van der Waals surface area contributed by atoms with Gasteiger partial charge in [-0.1, -0.05) is 12.1 Å². The number of phenols is 1. The minimum atomic E-state index is -3.76. The first-order chi connectivity index (χ1) is 11.8. The maximum atomic E-state index is 11.7. The van der Waals surface area contributed by atoms with Crippen molar-refractivity contribution in [1.29, 1.82) is 0 Å². The number of amides is 1. The molecule has 0 heterocycles. The molecular weight excluding hydrogens is 348 g/mol. The van der Waals surface area contributed by atoms with Crippen LogP contribution in [0.1, 0.15) is 15.9 Å². The van der Waals surface area contributed by atoms with Gasteiger partial charge in [0.25, 0.3) is 5.91 Å². The summed E-state index contributed by atoms with van der Waals surface area (Å²) in [7, 11) is -3.76. The second-order valence-corrected chi connectivity index (χ2v) is 6.65. The lowest BCUT2D eigenvalue weighted by atomic mass is 10.2. The standard InChI is InChI=1S/C16H16N2O6S/c17-25(22,23)14-7-1-11(2-8-14)9-18-15(20)10-24-16(21)12-3-5-13(19)6-4-12/h1-8,19H,9-10H2,(H,18,20)(H2,17,22,23). The summed E-state index contributed by atoms with van der Waals surface area (Å²) in [6.45, 7) is -0.324. The fourth-order valence-electron chi connectivity index (χ4n) is 1.86. The number of rotatable bonds is 6. The Morgan fingerprint density at radius 2 is 1.64 bits per heavy atom. The van der Waals surface area contributed by atoms with Crippen molar-refractivity contribution >= 4 is 21.9 Å². The van der Waals surface area contributed by atoms with Crippen LogP contribution in [0.3, 0.4) is 0 Å². The highest BCUT2D eigenvalue weighted by molar-refractivity contribution is 7.89. The van der Waals surface area contributed by atoms with E-state index >= 15 is 0 Å². The molecule has 1 amide bonds. The minimum Gasteiger partial charge on any atom is -0.508 e. The Morgan fingerprint density at radius 1 is 1.04 bits per heavy atom. The summed E-state index contributed by atoms with van der Waals surface area (Å²) in [6.07, 6.45) is 0. The monoisotopic (exact) mass is 364 g/mol. The Kier molecular flexibility index (Phi) is 5.73. The number of ether oxygens (including phenoxy) is 1. The van der Waals surface area contributed by atoms with Gasteiger partial charge >= 0.3 is 5.97 Å². The predicted octanol–water partition coefficient (Wildman–Crippen LogP) is 0.513. The number of carbonyl (C=O) groups is 2. The Morgan fingerprint density at radius 3 is 2.20 bits per heavy atom. The van der Waals surface area contributed by atoms with Crippen molar-refractivity contribution in [1.82, 2.24) is 5.32 Å². The van der Waals surface area contributed by atoms with Gasteiger partial charge < -0.3 is 15.2 Å². The van der Waals surface area contributed by atoms with Crippen LogP contribution >= 0.6 is 0 Å². The number of esters is 1. The number of hydrogen-bond donors (Lipinski definition) is 3. The summed E-state index contributed by atoms with van der Waals surface area (Å²) < 4.78 is 27.1. The number of phenolic OH excluding ortho intramolecular Hbond substituents is 1. The highest BCUT2D eigenvalue weighted by atomic mass is 32.2. The molecule has 0 atom stereocenters. The summed E-state index contributed by atoms with van der Waals surface area (Å²) >= 11 is 0. The van der Waals surface area contributed by atoms with Crippen LogP contribution in [0.4, 0.5) is 0 Å². The van der Waals surface area contributed by atoms with Crippen molar-refractivity contribution in [2.24, 2.45) is 5.14 Å². The average Bonchev–Trinajstić information content (AvgIpc) is 2.58. The fourth-order valence-corrected chi connectivity index (χ4v) is 2.38. The van der Waals surface area contributed by atoms with E-state index in [2.05, 4.69) is 5.32 Å². The zero-order valence-electron chi connectivity index (χ0n) is 13.0. The molecule has 0 aliphatic heterocycles. The van der Waals surface area contributed by atoms with Crippen LogP contribution in [0.25, 0.3) is 0 Å². The van der Waals surface area contributed by atoms with E-state index in [1.54, 1.807) is 0 Å². The van der Waals surface area contributed by atoms with Crippen molar-refractivity contribution in [2.45, 2.75) is 11.4 Å². The number of aromatic hydroxyl groups is 1. The molecule has 0 aliphatic rings. The van der Waals surface area contributed by atoms with Gasteiger partial charge in [0.05, 0.1) is 10.5 Å². The minimum absolute atomic E-state index is 0.0164. The first kappa shape index (κ1) is 18.4. The third-order valence-electron chi connectivity index (χ3n) is 3.18. The molecule has 2 rings (SSSR count). The normalized spacial score (nSPS) is 10.9. The fraction of sp³-hybridized carbons (Fsp3) is 0.125. The Labute approximate surface area is 144 Å². The van der Waals surface area contributed by atoms with Gasteiger partial charge in [-0.15, -0.1) is 0 Å². The van der Waals surface area contributed by atoms with Crippen molar-refractivity contribution in [3.05, 3.63) is 59.7 Å². The Bertz CT molecular complexity index is 861. The van der Waals surface area contributed by atoms with Crippen molar-refractivity contribution < 1.29 is 27.9 Å². The molecule has 8 nitrogen and oxygen atoms in total. The van der Waals surface area contributed by atoms with Gasteiger partial charge in [-0.2, -0.15) is 0 Å². The second-order valence-electron chi connectivity index (χ2n) is 5.09. The molecule has 25 heavy (non-hydrogen) atoms. The number of benzene rings is 2. The molecule has 9 heteroatoms. The molecule has 2 aromatic carbocycles. The molecule has 2 aromatic rings. The maximum absolute atomic E-state index is 11.7.